The maximum atomic E-state index is 12.3. The molecule has 0 amide bonds. The molecule has 1 aromatic carbocycles. The molecule has 104 valence electrons. The number of nitro groups is 1. The fourth-order valence-corrected chi connectivity index (χ4v) is 2.27. The second-order valence-corrected chi connectivity index (χ2v) is 5.31. The Bertz CT molecular complexity index is 507. The molecule has 0 saturated heterocycles. The first-order valence-corrected chi connectivity index (χ1v) is 6.81. The van der Waals surface area contributed by atoms with Gasteiger partial charge < -0.3 is 0 Å². The zero-order valence-electron chi connectivity index (χ0n) is 9.24. The van der Waals surface area contributed by atoms with Crippen LogP contribution < -0.4 is 0 Å². The van der Waals surface area contributed by atoms with Gasteiger partial charge in [-0.05, 0) is 17.8 Å². The van der Waals surface area contributed by atoms with Crippen molar-refractivity contribution in [2.45, 2.75) is 16.8 Å². The van der Waals surface area contributed by atoms with E-state index in [-0.39, 0.29) is 16.9 Å². The average Bonchev–Trinajstić information content (AvgIpc) is 2.26. The molecule has 0 aliphatic heterocycles. The average molecular weight is 358 g/mol. The summed E-state index contributed by atoms with van der Waals surface area (Å²) in [6, 6.07) is 2.78. The molecule has 0 saturated carbocycles. The van der Waals surface area contributed by atoms with Crippen LogP contribution in [0.3, 0.4) is 0 Å². The van der Waals surface area contributed by atoms with Crippen LogP contribution in [0.15, 0.2) is 23.1 Å². The molecule has 0 radical (unpaired) electrons. The number of halogens is 4. The number of carbonyl (C=O) groups is 1. The van der Waals surface area contributed by atoms with E-state index in [4.69, 9.17) is 0 Å². The Morgan fingerprint density at radius 1 is 1.37 bits per heavy atom. The number of hydrogen-bond acceptors (Lipinski definition) is 4. The monoisotopic (exact) mass is 357 g/mol. The highest BCUT2D eigenvalue weighted by atomic mass is 79.9. The molecular formula is C10H7BrF3NO3S. The Morgan fingerprint density at radius 2 is 2.00 bits per heavy atom. The van der Waals surface area contributed by atoms with Crippen molar-refractivity contribution in [3.05, 3.63) is 33.9 Å². The van der Waals surface area contributed by atoms with Crippen molar-refractivity contribution in [2.24, 2.45) is 0 Å². The van der Waals surface area contributed by atoms with Crippen LogP contribution >= 0.6 is 27.7 Å². The molecule has 4 nitrogen and oxygen atoms in total. The Labute approximate surface area is 118 Å². The molecular weight excluding hydrogens is 351 g/mol. The first-order chi connectivity index (χ1) is 8.73. The number of thioether (sulfide) groups is 1. The Hall–Kier alpha value is -1.09. The van der Waals surface area contributed by atoms with Crippen LogP contribution in [0, 0.1) is 10.1 Å². The molecule has 0 unspecified atom stereocenters. The second-order valence-electron chi connectivity index (χ2n) is 3.38. The van der Waals surface area contributed by atoms with Crippen LogP contribution in [0.5, 0.6) is 0 Å². The van der Waals surface area contributed by atoms with Crippen LogP contribution in [0.1, 0.15) is 16.8 Å². The van der Waals surface area contributed by atoms with E-state index in [9.17, 15) is 28.1 Å². The molecule has 1 rings (SSSR count). The van der Waals surface area contributed by atoms with Crippen molar-refractivity contribution in [1.29, 1.82) is 0 Å². The van der Waals surface area contributed by atoms with Crippen LogP contribution in [-0.4, -0.2) is 21.5 Å². The summed E-state index contributed by atoms with van der Waals surface area (Å²) in [5.74, 6) is -0.454. The number of non-ortho nitro benzene ring substituents is 1. The highest BCUT2D eigenvalue weighted by Crippen LogP contribution is 2.38. The second kappa shape index (κ2) is 6.38. The molecule has 0 aromatic heterocycles. The van der Waals surface area contributed by atoms with Crippen LogP contribution in [0.2, 0.25) is 0 Å². The molecule has 0 bridgehead atoms. The third kappa shape index (κ3) is 5.19. The molecule has 1 aromatic rings. The van der Waals surface area contributed by atoms with Gasteiger partial charge in [0.1, 0.15) is 0 Å². The minimum atomic E-state index is -4.56. The number of nitrogens with zero attached hydrogens (tertiary/aromatic N) is 1. The smallest absolute Gasteiger partial charge is 0.294 e. The lowest BCUT2D eigenvalue weighted by atomic mass is 10.1. The topological polar surface area (TPSA) is 60.2 Å². The standard InChI is InChI=1S/C10H7BrF3NO3S/c11-2-1-9(16)6-3-7(15(17)18)5-8(4-6)19-10(12,13)14/h3-5H,1-2H2. The van der Waals surface area contributed by atoms with E-state index >= 15 is 0 Å². The van der Waals surface area contributed by atoms with Gasteiger partial charge in [-0.25, -0.2) is 0 Å². The molecule has 0 spiro atoms. The lowest BCUT2D eigenvalue weighted by Crippen LogP contribution is -2.04. The van der Waals surface area contributed by atoms with Gasteiger partial charge in [0.15, 0.2) is 5.78 Å². The predicted octanol–water partition coefficient (Wildman–Crippen LogP) is 4.17. The SMILES string of the molecule is O=C(CCBr)c1cc(SC(F)(F)F)cc([N+](=O)[O-])c1. The number of hydrogen-bond donors (Lipinski definition) is 0. The summed E-state index contributed by atoms with van der Waals surface area (Å²) in [6.07, 6.45) is 0.0529. The minimum absolute atomic E-state index is 0.0529. The van der Waals surface area contributed by atoms with Crippen LogP contribution in [-0.2, 0) is 0 Å². The fourth-order valence-electron chi connectivity index (χ4n) is 1.27. The van der Waals surface area contributed by atoms with E-state index in [0.29, 0.717) is 5.33 Å². The summed E-state index contributed by atoms with van der Waals surface area (Å²) in [5.41, 5.74) is -5.20. The maximum absolute atomic E-state index is 12.3. The van der Waals surface area contributed by atoms with Crippen LogP contribution in [0.25, 0.3) is 0 Å². The van der Waals surface area contributed by atoms with Gasteiger partial charge in [-0.15, -0.1) is 0 Å². The Balaban J connectivity index is 3.18. The van der Waals surface area contributed by atoms with Crippen molar-refractivity contribution in [1.82, 2.24) is 0 Å². The van der Waals surface area contributed by atoms with Crippen molar-refractivity contribution in [3.8, 4) is 0 Å². The van der Waals surface area contributed by atoms with Crippen molar-refractivity contribution in [2.75, 3.05) is 5.33 Å². The first-order valence-electron chi connectivity index (χ1n) is 4.87. The number of ketones is 1. The van der Waals surface area contributed by atoms with E-state index < -0.39 is 33.7 Å². The number of Topliss-reactive ketones (excluding diaryl/α,β-unsaturated/α-hetero) is 1. The van der Waals surface area contributed by atoms with E-state index in [0.717, 1.165) is 18.2 Å². The lowest BCUT2D eigenvalue weighted by Gasteiger charge is -2.07. The summed E-state index contributed by atoms with van der Waals surface area (Å²) < 4.78 is 36.8. The largest absolute Gasteiger partial charge is 0.446 e. The normalized spacial score (nSPS) is 11.4. The van der Waals surface area contributed by atoms with Gasteiger partial charge >= 0.3 is 5.51 Å². The highest BCUT2D eigenvalue weighted by molar-refractivity contribution is 9.09. The van der Waals surface area contributed by atoms with Gasteiger partial charge in [0.05, 0.1) is 4.92 Å². The molecule has 19 heavy (non-hydrogen) atoms. The van der Waals surface area contributed by atoms with Gasteiger partial charge in [-0.3, -0.25) is 14.9 Å². The predicted molar refractivity (Wildman–Crippen MR) is 67.7 cm³/mol. The summed E-state index contributed by atoms with van der Waals surface area (Å²) in [4.78, 5) is 21.0. The molecule has 0 fully saturated rings. The summed E-state index contributed by atoms with van der Waals surface area (Å²) >= 11 is 2.54. The van der Waals surface area contributed by atoms with Gasteiger partial charge in [-0.1, -0.05) is 15.9 Å². The van der Waals surface area contributed by atoms with E-state index in [1.54, 1.807) is 0 Å². The molecule has 0 heterocycles. The Morgan fingerprint density at radius 3 is 2.47 bits per heavy atom. The van der Waals surface area contributed by atoms with Crippen molar-refractivity contribution >= 4 is 39.2 Å². The number of alkyl halides is 4. The number of carbonyl (C=O) groups excluding carboxylic acids is 1. The van der Waals surface area contributed by atoms with Crippen molar-refractivity contribution in [3.63, 3.8) is 0 Å². The lowest BCUT2D eigenvalue weighted by molar-refractivity contribution is -0.385. The first kappa shape index (κ1) is 16.0. The number of benzene rings is 1. The van der Waals surface area contributed by atoms with Gasteiger partial charge in [0.2, 0.25) is 0 Å². The molecule has 0 aliphatic rings. The minimum Gasteiger partial charge on any atom is -0.294 e. The number of rotatable bonds is 5. The number of nitro benzene ring substituents is 1. The summed E-state index contributed by atoms with van der Waals surface area (Å²) in [5, 5.41) is 11.0. The zero-order chi connectivity index (χ0) is 14.6. The summed E-state index contributed by atoms with van der Waals surface area (Å²) in [6.45, 7) is 0. The van der Waals surface area contributed by atoms with Gasteiger partial charge in [0.25, 0.3) is 5.69 Å². The molecule has 0 N–H and O–H groups in total. The van der Waals surface area contributed by atoms with E-state index in [1.807, 2.05) is 0 Å². The van der Waals surface area contributed by atoms with E-state index in [2.05, 4.69) is 15.9 Å². The third-order valence-electron chi connectivity index (χ3n) is 1.98. The van der Waals surface area contributed by atoms with Crippen molar-refractivity contribution < 1.29 is 22.9 Å². The van der Waals surface area contributed by atoms with E-state index in [1.165, 1.54) is 0 Å². The third-order valence-corrected chi connectivity index (χ3v) is 3.08. The van der Waals surface area contributed by atoms with Gasteiger partial charge in [0, 0.05) is 34.3 Å². The fraction of sp³-hybridized carbons (Fsp3) is 0.300. The Kier molecular flexibility index (Phi) is 5.36. The summed E-state index contributed by atoms with van der Waals surface area (Å²) in [7, 11) is 0. The quantitative estimate of drug-likeness (QED) is 0.261. The molecule has 9 heteroatoms. The zero-order valence-corrected chi connectivity index (χ0v) is 11.6. The molecule has 0 atom stereocenters. The van der Waals surface area contributed by atoms with Crippen LogP contribution in [0.4, 0.5) is 18.9 Å². The highest BCUT2D eigenvalue weighted by Gasteiger charge is 2.30. The maximum Gasteiger partial charge on any atom is 0.446 e. The molecule has 0 aliphatic carbocycles. The van der Waals surface area contributed by atoms with Gasteiger partial charge in [-0.2, -0.15) is 13.2 Å².